The van der Waals surface area contributed by atoms with Gasteiger partial charge in [-0.15, -0.1) is 0 Å². The number of rotatable bonds is 6. The molecule has 100 valence electrons. The fraction of sp³-hybridized carbons (Fsp3) is 0.600. The summed E-state index contributed by atoms with van der Waals surface area (Å²) in [7, 11) is 0. The van der Waals surface area contributed by atoms with Crippen molar-refractivity contribution in [3.05, 3.63) is 29.8 Å². The zero-order chi connectivity index (χ0) is 12.8. The molecule has 1 aromatic carbocycles. The minimum atomic E-state index is 0.299. The van der Waals surface area contributed by atoms with Gasteiger partial charge in [0.2, 0.25) is 0 Å². The van der Waals surface area contributed by atoms with E-state index in [9.17, 15) is 0 Å². The largest absolute Gasteiger partial charge is 0.494 e. The van der Waals surface area contributed by atoms with Crippen LogP contribution in [0.3, 0.4) is 0 Å². The molecule has 2 unspecified atom stereocenters. The number of hydrogen-bond acceptors (Lipinski definition) is 3. The average Bonchev–Trinajstić information content (AvgIpc) is 2.91. The molecule has 1 N–H and O–H groups in total. The zero-order valence-electron chi connectivity index (χ0n) is 11.3. The first-order valence-corrected chi connectivity index (χ1v) is 6.93. The summed E-state index contributed by atoms with van der Waals surface area (Å²) in [6, 6.07) is 8.66. The number of benzene rings is 1. The van der Waals surface area contributed by atoms with Gasteiger partial charge in [0.25, 0.3) is 0 Å². The second kappa shape index (κ2) is 6.76. The highest BCUT2D eigenvalue weighted by molar-refractivity contribution is 5.30. The summed E-state index contributed by atoms with van der Waals surface area (Å²) < 4.78 is 11.3. The number of ether oxygens (including phenoxy) is 2. The van der Waals surface area contributed by atoms with Crippen LogP contribution in [0.15, 0.2) is 24.3 Å². The van der Waals surface area contributed by atoms with Crippen molar-refractivity contribution in [2.75, 3.05) is 19.8 Å². The Morgan fingerprint density at radius 1 is 1.33 bits per heavy atom. The van der Waals surface area contributed by atoms with Gasteiger partial charge >= 0.3 is 0 Å². The van der Waals surface area contributed by atoms with Gasteiger partial charge in [0.05, 0.1) is 18.8 Å². The van der Waals surface area contributed by atoms with Crippen molar-refractivity contribution in [3.63, 3.8) is 0 Å². The SMILES string of the molecule is CCNC(c1ccc(OCC)cc1)C1CCCO1. The molecular weight excluding hydrogens is 226 g/mol. The van der Waals surface area contributed by atoms with Crippen LogP contribution in [-0.2, 0) is 4.74 Å². The van der Waals surface area contributed by atoms with Gasteiger partial charge in [-0.1, -0.05) is 19.1 Å². The predicted octanol–water partition coefficient (Wildman–Crippen LogP) is 2.91. The maximum Gasteiger partial charge on any atom is 0.119 e. The fourth-order valence-electron chi connectivity index (χ4n) is 2.49. The molecule has 1 aliphatic heterocycles. The van der Waals surface area contributed by atoms with Gasteiger partial charge in [0.15, 0.2) is 0 Å². The Balaban J connectivity index is 2.09. The maximum absolute atomic E-state index is 5.81. The van der Waals surface area contributed by atoms with Gasteiger partial charge in [0, 0.05) is 6.61 Å². The Hall–Kier alpha value is -1.06. The van der Waals surface area contributed by atoms with E-state index >= 15 is 0 Å². The van der Waals surface area contributed by atoms with E-state index < -0.39 is 0 Å². The Bertz CT molecular complexity index is 344. The van der Waals surface area contributed by atoms with Crippen LogP contribution in [0.4, 0.5) is 0 Å². The molecule has 0 spiro atoms. The van der Waals surface area contributed by atoms with Gasteiger partial charge in [-0.25, -0.2) is 0 Å². The standard InChI is InChI=1S/C15H23NO2/c1-3-16-15(14-6-5-11-18-14)12-7-9-13(10-8-12)17-4-2/h7-10,14-16H,3-6,11H2,1-2H3. The summed E-state index contributed by atoms with van der Waals surface area (Å²) in [5, 5.41) is 3.53. The summed E-state index contributed by atoms with van der Waals surface area (Å²) in [5.74, 6) is 0.934. The van der Waals surface area contributed by atoms with Crippen molar-refractivity contribution in [1.82, 2.24) is 5.32 Å². The topological polar surface area (TPSA) is 30.5 Å². The first-order chi connectivity index (χ1) is 8.85. The minimum Gasteiger partial charge on any atom is -0.494 e. The minimum absolute atomic E-state index is 0.299. The summed E-state index contributed by atoms with van der Waals surface area (Å²) in [6.07, 6.45) is 2.62. The molecule has 0 saturated carbocycles. The molecule has 0 aromatic heterocycles. The van der Waals surface area contributed by atoms with Crippen molar-refractivity contribution in [2.45, 2.75) is 38.8 Å². The lowest BCUT2D eigenvalue weighted by Gasteiger charge is -2.24. The van der Waals surface area contributed by atoms with Crippen molar-refractivity contribution in [1.29, 1.82) is 0 Å². The quantitative estimate of drug-likeness (QED) is 0.841. The van der Waals surface area contributed by atoms with Crippen LogP contribution in [0.1, 0.15) is 38.3 Å². The van der Waals surface area contributed by atoms with E-state index in [2.05, 4.69) is 24.4 Å². The van der Waals surface area contributed by atoms with Crippen molar-refractivity contribution in [2.24, 2.45) is 0 Å². The van der Waals surface area contributed by atoms with Gasteiger partial charge < -0.3 is 14.8 Å². The van der Waals surface area contributed by atoms with Crippen molar-refractivity contribution < 1.29 is 9.47 Å². The van der Waals surface area contributed by atoms with Crippen LogP contribution in [0.2, 0.25) is 0 Å². The zero-order valence-corrected chi connectivity index (χ0v) is 11.3. The predicted molar refractivity (Wildman–Crippen MR) is 73.0 cm³/mol. The Morgan fingerprint density at radius 2 is 2.11 bits per heavy atom. The van der Waals surface area contributed by atoms with E-state index in [1.165, 1.54) is 12.0 Å². The number of likely N-dealkylation sites (N-methyl/N-ethyl adjacent to an activating group) is 1. The van der Waals surface area contributed by atoms with Crippen molar-refractivity contribution >= 4 is 0 Å². The molecule has 0 radical (unpaired) electrons. The highest BCUT2D eigenvalue weighted by Gasteiger charge is 2.26. The van der Waals surface area contributed by atoms with E-state index in [-0.39, 0.29) is 0 Å². The summed E-state index contributed by atoms with van der Waals surface area (Å²) in [5.41, 5.74) is 1.28. The van der Waals surface area contributed by atoms with Gasteiger partial charge in [-0.05, 0) is 44.0 Å². The first kappa shape index (κ1) is 13.4. The molecule has 2 rings (SSSR count). The van der Waals surface area contributed by atoms with Crippen LogP contribution in [-0.4, -0.2) is 25.9 Å². The van der Waals surface area contributed by atoms with E-state index in [1.807, 2.05) is 19.1 Å². The molecular formula is C15H23NO2. The molecule has 0 bridgehead atoms. The second-order valence-corrected chi connectivity index (χ2v) is 4.59. The smallest absolute Gasteiger partial charge is 0.119 e. The number of nitrogens with one attached hydrogen (secondary N) is 1. The van der Waals surface area contributed by atoms with Crippen LogP contribution in [0, 0.1) is 0 Å². The van der Waals surface area contributed by atoms with E-state index in [0.29, 0.717) is 18.8 Å². The number of hydrogen-bond donors (Lipinski definition) is 1. The van der Waals surface area contributed by atoms with Gasteiger partial charge in [-0.2, -0.15) is 0 Å². The Morgan fingerprint density at radius 3 is 2.67 bits per heavy atom. The lowest BCUT2D eigenvalue weighted by atomic mass is 9.99. The Kier molecular flexibility index (Phi) is 5.02. The monoisotopic (exact) mass is 249 g/mol. The maximum atomic E-state index is 5.81. The summed E-state index contributed by atoms with van der Waals surface area (Å²) in [4.78, 5) is 0. The molecule has 1 heterocycles. The molecule has 1 fully saturated rings. The van der Waals surface area contributed by atoms with E-state index in [4.69, 9.17) is 9.47 Å². The molecule has 1 aromatic rings. The third kappa shape index (κ3) is 3.24. The summed E-state index contributed by atoms with van der Waals surface area (Å²) >= 11 is 0. The lowest BCUT2D eigenvalue weighted by Crippen LogP contribution is -2.31. The molecule has 0 amide bonds. The highest BCUT2D eigenvalue weighted by Crippen LogP contribution is 2.28. The first-order valence-electron chi connectivity index (χ1n) is 6.93. The van der Waals surface area contributed by atoms with Gasteiger partial charge in [0.1, 0.15) is 5.75 Å². The van der Waals surface area contributed by atoms with Crippen molar-refractivity contribution in [3.8, 4) is 5.75 Å². The molecule has 1 aliphatic rings. The van der Waals surface area contributed by atoms with Crippen LogP contribution in [0.5, 0.6) is 5.75 Å². The third-order valence-corrected chi connectivity index (χ3v) is 3.31. The average molecular weight is 249 g/mol. The molecule has 2 atom stereocenters. The van der Waals surface area contributed by atoms with Crippen LogP contribution in [0.25, 0.3) is 0 Å². The summed E-state index contributed by atoms with van der Waals surface area (Å²) in [6.45, 7) is 6.70. The second-order valence-electron chi connectivity index (χ2n) is 4.59. The van der Waals surface area contributed by atoms with E-state index in [0.717, 1.165) is 25.3 Å². The molecule has 0 aliphatic carbocycles. The van der Waals surface area contributed by atoms with Crippen LogP contribution >= 0.6 is 0 Å². The molecule has 1 saturated heterocycles. The normalized spacial score (nSPS) is 20.9. The molecule has 18 heavy (non-hydrogen) atoms. The van der Waals surface area contributed by atoms with E-state index in [1.54, 1.807) is 0 Å². The third-order valence-electron chi connectivity index (χ3n) is 3.31. The lowest BCUT2D eigenvalue weighted by molar-refractivity contribution is 0.0788. The fourth-order valence-corrected chi connectivity index (χ4v) is 2.49. The Labute approximate surface area is 109 Å². The molecule has 3 heteroatoms. The molecule has 3 nitrogen and oxygen atoms in total. The highest BCUT2D eigenvalue weighted by atomic mass is 16.5. The van der Waals surface area contributed by atoms with Gasteiger partial charge in [-0.3, -0.25) is 0 Å². The van der Waals surface area contributed by atoms with Crippen LogP contribution < -0.4 is 10.1 Å².